The Bertz CT molecular complexity index is 938. The highest BCUT2D eigenvalue weighted by molar-refractivity contribution is 7.86. The second-order valence-electron chi connectivity index (χ2n) is 5.59. The molecule has 3 rings (SSSR count). The lowest BCUT2D eigenvalue weighted by atomic mass is 9.93. The number of hydrogen-bond acceptors (Lipinski definition) is 8. The van der Waals surface area contributed by atoms with Gasteiger partial charge in [-0.2, -0.15) is 8.42 Å². The number of phenolic OH excluding ortho intramolecular Hbond substituents is 4. The number of aliphatic hydroxyl groups is 1. The van der Waals surface area contributed by atoms with Crippen LogP contribution in [-0.2, 0) is 10.1 Å². The highest BCUT2D eigenvalue weighted by atomic mass is 32.2. The van der Waals surface area contributed by atoms with Crippen LogP contribution in [0.5, 0.6) is 28.7 Å². The third-order valence-corrected chi connectivity index (χ3v) is 5.07. The minimum absolute atomic E-state index is 0.102. The van der Waals surface area contributed by atoms with Crippen LogP contribution >= 0.6 is 0 Å². The van der Waals surface area contributed by atoms with E-state index in [2.05, 4.69) is 0 Å². The number of aliphatic hydroxyl groups excluding tert-OH is 1. The molecule has 0 saturated carbocycles. The molecule has 6 N–H and O–H groups in total. The molecule has 1 aliphatic heterocycles. The predicted octanol–water partition coefficient (Wildman–Crippen LogP) is 0.932. The van der Waals surface area contributed by atoms with E-state index in [1.54, 1.807) is 0 Å². The molecule has 25 heavy (non-hydrogen) atoms. The molecule has 0 radical (unpaired) electrons. The van der Waals surface area contributed by atoms with E-state index >= 15 is 0 Å². The first-order valence-corrected chi connectivity index (χ1v) is 8.48. The molecule has 10 heteroatoms. The highest BCUT2D eigenvalue weighted by Gasteiger charge is 2.46. The van der Waals surface area contributed by atoms with Crippen molar-refractivity contribution in [1.82, 2.24) is 0 Å². The largest absolute Gasteiger partial charge is 0.508 e. The normalized spacial score (nSPS) is 22.9. The number of ether oxygens (including phenoxy) is 1. The Morgan fingerprint density at radius 3 is 2.20 bits per heavy atom. The zero-order valence-electron chi connectivity index (χ0n) is 12.4. The van der Waals surface area contributed by atoms with Crippen LogP contribution in [0.2, 0.25) is 0 Å². The second-order valence-corrected chi connectivity index (χ2v) is 7.13. The summed E-state index contributed by atoms with van der Waals surface area (Å²) in [5.74, 6) is -2.32. The quantitative estimate of drug-likeness (QED) is 0.333. The molecule has 9 nitrogen and oxygen atoms in total. The van der Waals surface area contributed by atoms with Crippen molar-refractivity contribution in [1.29, 1.82) is 0 Å². The Balaban J connectivity index is 2.20. The number of rotatable bonds is 2. The van der Waals surface area contributed by atoms with Crippen LogP contribution in [0.1, 0.15) is 22.5 Å². The van der Waals surface area contributed by atoms with Crippen molar-refractivity contribution in [3.05, 3.63) is 41.5 Å². The lowest BCUT2D eigenvalue weighted by Crippen LogP contribution is -2.38. The van der Waals surface area contributed by atoms with Crippen molar-refractivity contribution in [2.24, 2.45) is 0 Å². The first kappa shape index (κ1) is 17.1. The Morgan fingerprint density at radius 1 is 0.920 bits per heavy atom. The molecule has 2 aromatic rings. The molecule has 0 fully saturated rings. The summed E-state index contributed by atoms with van der Waals surface area (Å²) in [5, 5.41) is 46.9. The van der Waals surface area contributed by atoms with E-state index in [4.69, 9.17) is 4.74 Å². The summed E-state index contributed by atoms with van der Waals surface area (Å²) in [7, 11) is -4.87. The molecule has 134 valence electrons. The van der Waals surface area contributed by atoms with Crippen LogP contribution in [-0.4, -0.2) is 44.6 Å². The topological polar surface area (TPSA) is 165 Å². The van der Waals surface area contributed by atoms with Gasteiger partial charge in [0.2, 0.25) is 0 Å². The van der Waals surface area contributed by atoms with Crippen molar-refractivity contribution in [3.63, 3.8) is 0 Å². The summed E-state index contributed by atoms with van der Waals surface area (Å²) in [5.41, 5.74) is -0.294. The molecular formula is C15H14O9S. The summed E-state index contributed by atoms with van der Waals surface area (Å²) in [4.78, 5) is 0. The first-order chi connectivity index (χ1) is 11.6. The van der Waals surface area contributed by atoms with Gasteiger partial charge in [0.15, 0.2) is 17.6 Å². The van der Waals surface area contributed by atoms with E-state index in [-0.39, 0.29) is 11.3 Å². The number of phenols is 4. The highest BCUT2D eigenvalue weighted by Crippen LogP contribution is 2.50. The summed E-state index contributed by atoms with van der Waals surface area (Å²) in [6, 6.07) is 5.31. The van der Waals surface area contributed by atoms with Gasteiger partial charge in [-0.25, -0.2) is 0 Å². The number of hydrogen-bond donors (Lipinski definition) is 6. The average molecular weight is 370 g/mol. The molecule has 1 heterocycles. The van der Waals surface area contributed by atoms with Gasteiger partial charge in [-0.3, -0.25) is 4.55 Å². The Labute approximate surface area is 141 Å². The summed E-state index contributed by atoms with van der Waals surface area (Å²) in [6.45, 7) is 0. The van der Waals surface area contributed by atoms with Gasteiger partial charge in [-0.05, 0) is 17.7 Å². The minimum Gasteiger partial charge on any atom is -0.508 e. The van der Waals surface area contributed by atoms with Crippen LogP contribution in [0.4, 0.5) is 0 Å². The van der Waals surface area contributed by atoms with Crippen LogP contribution in [0.3, 0.4) is 0 Å². The van der Waals surface area contributed by atoms with E-state index < -0.39 is 56.1 Å². The maximum atomic E-state index is 11.8. The number of aromatic hydroxyl groups is 4. The van der Waals surface area contributed by atoms with Gasteiger partial charge in [0.05, 0.1) is 5.56 Å². The van der Waals surface area contributed by atoms with Gasteiger partial charge in [-0.15, -0.1) is 0 Å². The zero-order chi connectivity index (χ0) is 18.5. The molecule has 0 bridgehead atoms. The van der Waals surface area contributed by atoms with E-state index in [9.17, 15) is 38.5 Å². The SMILES string of the molecule is O=S(=O)(O)C1c2c(O)cc(O)cc2OC(c2ccc(O)c(O)c2)C1O. The summed E-state index contributed by atoms with van der Waals surface area (Å²) < 4.78 is 38.5. The molecule has 0 aromatic heterocycles. The molecular weight excluding hydrogens is 356 g/mol. The molecule has 2 aromatic carbocycles. The number of benzene rings is 2. The van der Waals surface area contributed by atoms with Gasteiger partial charge < -0.3 is 30.3 Å². The molecule has 0 amide bonds. The molecule has 0 aliphatic carbocycles. The standard InChI is InChI=1S/C15H14O9S/c16-7-4-10(19)12-11(5-7)24-14(13(20)15(12)25(21,22)23)6-1-2-8(17)9(18)3-6/h1-5,13-20H,(H,21,22,23). The van der Waals surface area contributed by atoms with E-state index in [0.29, 0.717) is 0 Å². The Kier molecular flexibility index (Phi) is 3.90. The van der Waals surface area contributed by atoms with E-state index in [1.165, 1.54) is 6.07 Å². The van der Waals surface area contributed by atoms with E-state index in [0.717, 1.165) is 24.3 Å². The van der Waals surface area contributed by atoms with Crippen molar-refractivity contribution in [2.45, 2.75) is 17.5 Å². The van der Waals surface area contributed by atoms with Gasteiger partial charge >= 0.3 is 0 Å². The predicted molar refractivity (Wildman–Crippen MR) is 83.2 cm³/mol. The summed E-state index contributed by atoms with van der Waals surface area (Å²) >= 11 is 0. The van der Waals surface area contributed by atoms with Crippen molar-refractivity contribution >= 4 is 10.1 Å². The average Bonchev–Trinajstić information content (AvgIpc) is 2.49. The second kappa shape index (κ2) is 5.69. The Hall–Kier alpha value is -2.69. The number of fused-ring (bicyclic) bond motifs is 1. The monoisotopic (exact) mass is 370 g/mol. The van der Waals surface area contributed by atoms with Crippen molar-refractivity contribution in [2.75, 3.05) is 0 Å². The van der Waals surface area contributed by atoms with Crippen LogP contribution < -0.4 is 4.74 Å². The minimum atomic E-state index is -4.87. The molecule has 0 saturated heterocycles. The van der Waals surface area contributed by atoms with Crippen molar-refractivity contribution < 1.29 is 43.2 Å². The third-order valence-electron chi connectivity index (χ3n) is 3.91. The molecule has 0 spiro atoms. The van der Waals surface area contributed by atoms with Crippen molar-refractivity contribution in [3.8, 4) is 28.7 Å². The van der Waals surface area contributed by atoms with Crippen LogP contribution in [0.15, 0.2) is 30.3 Å². The van der Waals surface area contributed by atoms with Crippen LogP contribution in [0, 0.1) is 0 Å². The van der Waals surface area contributed by atoms with Gasteiger partial charge in [-0.1, -0.05) is 6.07 Å². The van der Waals surface area contributed by atoms with Gasteiger partial charge in [0, 0.05) is 12.1 Å². The van der Waals surface area contributed by atoms with E-state index in [1.807, 2.05) is 0 Å². The van der Waals surface area contributed by atoms with Crippen LogP contribution in [0.25, 0.3) is 0 Å². The first-order valence-electron chi connectivity index (χ1n) is 6.98. The maximum absolute atomic E-state index is 11.8. The molecule has 1 aliphatic rings. The third kappa shape index (κ3) is 2.90. The fraction of sp³-hybridized carbons (Fsp3) is 0.200. The zero-order valence-corrected chi connectivity index (χ0v) is 13.3. The molecule has 3 atom stereocenters. The smallest absolute Gasteiger partial charge is 0.275 e. The summed E-state index contributed by atoms with van der Waals surface area (Å²) in [6.07, 6.45) is -3.21. The fourth-order valence-electron chi connectivity index (χ4n) is 2.83. The lowest BCUT2D eigenvalue weighted by molar-refractivity contribution is 0.0140. The Morgan fingerprint density at radius 2 is 1.60 bits per heavy atom. The van der Waals surface area contributed by atoms with Gasteiger partial charge in [0.25, 0.3) is 10.1 Å². The maximum Gasteiger partial charge on any atom is 0.275 e. The fourth-order valence-corrected chi connectivity index (χ4v) is 3.85. The lowest BCUT2D eigenvalue weighted by Gasteiger charge is -2.35. The molecule has 3 unspecified atom stereocenters. The van der Waals surface area contributed by atoms with Gasteiger partial charge in [0.1, 0.15) is 28.6 Å².